The van der Waals surface area contributed by atoms with Gasteiger partial charge in [0, 0.05) is 20.2 Å². The molecule has 17 heavy (non-hydrogen) atoms. The molecule has 0 N–H and O–H groups in total. The van der Waals surface area contributed by atoms with E-state index in [2.05, 4.69) is 4.90 Å². The van der Waals surface area contributed by atoms with Crippen LogP contribution in [0.25, 0.3) is 0 Å². The maximum atomic E-state index is 13.2. The van der Waals surface area contributed by atoms with Crippen LogP contribution in [0.15, 0.2) is 18.2 Å². The number of nitrogens with zero attached hydrogens (tertiary/aromatic N) is 1. The van der Waals surface area contributed by atoms with Crippen molar-refractivity contribution in [3.63, 3.8) is 0 Å². The fraction of sp³-hybridized carbons (Fsp3) is 0.571. The number of benzene rings is 1. The molecular weight excluding hydrogens is 217 g/mol. The van der Waals surface area contributed by atoms with Crippen LogP contribution < -0.4 is 0 Å². The Balaban J connectivity index is 1.97. The Bertz CT molecular complexity index is 380. The van der Waals surface area contributed by atoms with Crippen molar-refractivity contribution >= 4 is 0 Å². The lowest BCUT2D eigenvalue weighted by molar-refractivity contribution is 0.160. The molecule has 0 amide bonds. The van der Waals surface area contributed by atoms with Crippen molar-refractivity contribution in [3.8, 4) is 0 Å². The molecule has 1 saturated heterocycles. The fourth-order valence-corrected chi connectivity index (χ4v) is 2.45. The van der Waals surface area contributed by atoms with Crippen LogP contribution in [0, 0.1) is 12.7 Å². The molecule has 2 rings (SSSR count). The second-order valence-electron chi connectivity index (χ2n) is 4.79. The highest BCUT2D eigenvalue weighted by molar-refractivity contribution is 5.27. The fourth-order valence-electron chi connectivity index (χ4n) is 2.45. The summed E-state index contributed by atoms with van der Waals surface area (Å²) in [5.41, 5.74) is 2.02. The van der Waals surface area contributed by atoms with Crippen molar-refractivity contribution in [3.05, 3.63) is 35.1 Å². The van der Waals surface area contributed by atoms with Gasteiger partial charge in [-0.2, -0.15) is 0 Å². The van der Waals surface area contributed by atoms with Gasteiger partial charge in [-0.05, 0) is 43.0 Å². The van der Waals surface area contributed by atoms with Gasteiger partial charge in [-0.3, -0.25) is 0 Å². The average Bonchev–Trinajstić information content (AvgIpc) is 2.79. The van der Waals surface area contributed by atoms with Crippen molar-refractivity contribution in [2.45, 2.75) is 19.3 Å². The number of rotatable bonds is 4. The predicted molar refractivity (Wildman–Crippen MR) is 66.8 cm³/mol. The summed E-state index contributed by atoms with van der Waals surface area (Å²) in [7, 11) is 1.73. The summed E-state index contributed by atoms with van der Waals surface area (Å²) in [6.45, 7) is 5.79. The summed E-state index contributed by atoms with van der Waals surface area (Å²) in [6, 6.07) is 5.50. The quantitative estimate of drug-likeness (QED) is 0.798. The zero-order valence-corrected chi connectivity index (χ0v) is 10.6. The van der Waals surface area contributed by atoms with Crippen molar-refractivity contribution in [1.29, 1.82) is 0 Å². The molecule has 1 fully saturated rings. The minimum Gasteiger partial charge on any atom is -0.383 e. The van der Waals surface area contributed by atoms with E-state index < -0.39 is 0 Å². The molecule has 2 nitrogen and oxygen atoms in total. The van der Waals surface area contributed by atoms with Crippen LogP contribution in [-0.2, 0) is 4.74 Å². The van der Waals surface area contributed by atoms with Gasteiger partial charge in [-0.1, -0.05) is 12.1 Å². The monoisotopic (exact) mass is 237 g/mol. The molecule has 0 spiro atoms. The lowest BCUT2D eigenvalue weighted by Crippen LogP contribution is -2.24. The van der Waals surface area contributed by atoms with E-state index in [0.717, 1.165) is 38.2 Å². The molecule has 1 aliphatic rings. The summed E-state index contributed by atoms with van der Waals surface area (Å²) < 4.78 is 18.3. The molecule has 0 bridgehead atoms. The molecule has 1 unspecified atom stereocenters. The minimum atomic E-state index is -0.108. The maximum Gasteiger partial charge on any atom is 0.126 e. The largest absolute Gasteiger partial charge is 0.383 e. The van der Waals surface area contributed by atoms with Crippen molar-refractivity contribution in [1.82, 2.24) is 4.90 Å². The van der Waals surface area contributed by atoms with Gasteiger partial charge in [0.25, 0.3) is 0 Å². The lowest BCUT2D eigenvalue weighted by atomic mass is 9.97. The van der Waals surface area contributed by atoms with Crippen LogP contribution in [0.4, 0.5) is 4.39 Å². The van der Waals surface area contributed by atoms with E-state index in [-0.39, 0.29) is 5.82 Å². The normalized spacial score (nSPS) is 21.0. The van der Waals surface area contributed by atoms with Gasteiger partial charge < -0.3 is 9.64 Å². The molecule has 1 aliphatic heterocycles. The first-order valence-corrected chi connectivity index (χ1v) is 6.18. The molecule has 0 saturated carbocycles. The SMILES string of the molecule is COCCN1CCC(c2ccc(F)c(C)c2)C1. The first kappa shape index (κ1) is 12.5. The molecule has 1 atom stereocenters. The first-order chi connectivity index (χ1) is 8.20. The van der Waals surface area contributed by atoms with E-state index in [1.165, 1.54) is 5.56 Å². The maximum absolute atomic E-state index is 13.2. The van der Waals surface area contributed by atoms with Crippen LogP contribution >= 0.6 is 0 Å². The Kier molecular flexibility index (Phi) is 4.13. The molecule has 1 aromatic carbocycles. The Morgan fingerprint density at radius 2 is 2.29 bits per heavy atom. The predicted octanol–water partition coefficient (Wildman–Crippen LogP) is 2.57. The Labute approximate surface area is 102 Å². The number of methoxy groups -OCH3 is 1. The first-order valence-electron chi connectivity index (χ1n) is 6.18. The van der Waals surface area contributed by atoms with Crippen LogP contribution in [-0.4, -0.2) is 38.3 Å². The topological polar surface area (TPSA) is 12.5 Å². The number of hydrogen-bond acceptors (Lipinski definition) is 2. The van der Waals surface area contributed by atoms with Gasteiger partial charge >= 0.3 is 0 Å². The minimum absolute atomic E-state index is 0.108. The van der Waals surface area contributed by atoms with E-state index in [1.54, 1.807) is 13.2 Å². The highest BCUT2D eigenvalue weighted by atomic mass is 19.1. The van der Waals surface area contributed by atoms with E-state index in [1.807, 2.05) is 19.1 Å². The zero-order valence-electron chi connectivity index (χ0n) is 10.6. The van der Waals surface area contributed by atoms with Gasteiger partial charge in [-0.15, -0.1) is 0 Å². The van der Waals surface area contributed by atoms with Crippen LogP contribution in [0.5, 0.6) is 0 Å². The Hall–Kier alpha value is -0.930. The smallest absolute Gasteiger partial charge is 0.126 e. The molecule has 94 valence electrons. The average molecular weight is 237 g/mol. The van der Waals surface area contributed by atoms with Gasteiger partial charge in [0.05, 0.1) is 6.61 Å². The van der Waals surface area contributed by atoms with Crippen molar-refractivity contribution in [2.24, 2.45) is 0 Å². The Morgan fingerprint density at radius 1 is 1.47 bits per heavy atom. The number of aryl methyl sites for hydroxylation is 1. The zero-order chi connectivity index (χ0) is 12.3. The van der Waals surface area contributed by atoms with Crippen molar-refractivity contribution < 1.29 is 9.13 Å². The number of hydrogen-bond donors (Lipinski definition) is 0. The summed E-state index contributed by atoms with van der Waals surface area (Å²) in [5, 5.41) is 0. The summed E-state index contributed by atoms with van der Waals surface area (Å²) in [4.78, 5) is 2.41. The number of likely N-dealkylation sites (tertiary alicyclic amines) is 1. The van der Waals surface area contributed by atoms with E-state index in [9.17, 15) is 4.39 Å². The summed E-state index contributed by atoms with van der Waals surface area (Å²) in [6.07, 6.45) is 1.16. The van der Waals surface area contributed by atoms with E-state index >= 15 is 0 Å². The second kappa shape index (κ2) is 5.61. The highest BCUT2D eigenvalue weighted by Crippen LogP contribution is 2.27. The molecular formula is C14H20FNO. The summed E-state index contributed by atoms with van der Waals surface area (Å²) in [5.74, 6) is 0.439. The van der Waals surface area contributed by atoms with Gasteiger partial charge in [0.2, 0.25) is 0 Å². The molecule has 0 aliphatic carbocycles. The third-order valence-corrected chi connectivity index (χ3v) is 3.54. The van der Waals surface area contributed by atoms with Gasteiger partial charge in [0.1, 0.15) is 5.82 Å². The van der Waals surface area contributed by atoms with E-state index in [0.29, 0.717) is 5.92 Å². The molecule has 3 heteroatoms. The van der Waals surface area contributed by atoms with Crippen LogP contribution in [0.2, 0.25) is 0 Å². The van der Waals surface area contributed by atoms with Gasteiger partial charge in [-0.25, -0.2) is 4.39 Å². The third kappa shape index (κ3) is 3.05. The molecule has 0 aromatic heterocycles. The summed E-state index contributed by atoms with van der Waals surface area (Å²) >= 11 is 0. The highest BCUT2D eigenvalue weighted by Gasteiger charge is 2.23. The standard InChI is InChI=1S/C14H20FNO/c1-11-9-12(3-4-14(11)15)13-5-6-16(10-13)7-8-17-2/h3-4,9,13H,5-8,10H2,1-2H3. The molecule has 1 aromatic rings. The van der Waals surface area contributed by atoms with Crippen molar-refractivity contribution in [2.75, 3.05) is 33.4 Å². The van der Waals surface area contributed by atoms with E-state index in [4.69, 9.17) is 4.74 Å². The van der Waals surface area contributed by atoms with Gasteiger partial charge in [0.15, 0.2) is 0 Å². The molecule has 1 heterocycles. The van der Waals surface area contributed by atoms with Crippen LogP contribution in [0.3, 0.4) is 0 Å². The third-order valence-electron chi connectivity index (χ3n) is 3.54. The lowest BCUT2D eigenvalue weighted by Gasteiger charge is -2.15. The number of halogens is 1. The van der Waals surface area contributed by atoms with Crippen LogP contribution in [0.1, 0.15) is 23.5 Å². The Morgan fingerprint density at radius 3 is 3.00 bits per heavy atom. The second-order valence-corrected chi connectivity index (χ2v) is 4.79. The number of ether oxygens (including phenoxy) is 1. The molecule has 0 radical (unpaired) electrons.